The van der Waals surface area contributed by atoms with Gasteiger partial charge in [0.1, 0.15) is 0 Å². The Hall–Kier alpha value is -3.93. The van der Waals surface area contributed by atoms with Crippen LogP contribution in [0.2, 0.25) is 0 Å². The minimum absolute atomic E-state index is 0.0101. The van der Waals surface area contributed by atoms with Crippen molar-refractivity contribution in [2.45, 2.75) is 12.6 Å². The van der Waals surface area contributed by atoms with E-state index in [1.165, 1.54) is 11.1 Å². The number of anilines is 1. The van der Waals surface area contributed by atoms with Crippen molar-refractivity contribution in [3.8, 4) is 0 Å². The molecule has 5 rings (SSSR count). The molecule has 0 bridgehead atoms. The fraction of sp³-hybridized carbons (Fsp3) is 0.219. The number of nitrogens with zero attached hydrogens (tertiary/aromatic N) is 3. The summed E-state index contributed by atoms with van der Waals surface area (Å²) >= 11 is 0. The van der Waals surface area contributed by atoms with Crippen molar-refractivity contribution in [2.24, 2.45) is 0 Å². The van der Waals surface area contributed by atoms with Crippen LogP contribution in [-0.2, 0) is 11.3 Å². The molecule has 4 aromatic rings. The molecule has 4 aromatic carbocycles. The Labute approximate surface area is 219 Å². The largest absolute Gasteiger partial charge is 0.292 e. The van der Waals surface area contributed by atoms with Crippen LogP contribution in [0.5, 0.6) is 0 Å². The maximum Gasteiger partial charge on any atom is 0.252 e. The van der Waals surface area contributed by atoms with Crippen molar-refractivity contribution in [1.82, 2.24) is 15.2 Å². The number of amides is 1. The van der Waals surface area contributed by atoms with Gasteiger partial charge in [0.05, 0.1) is 24.8 Å². The van der Waals surface area contributed by atoms with E-state index in [1.54, 1.807) is 0 Å². The van der Waals surface area contributed by atoms with Crippen LogP contribution in [0, 0.1) is 0 Å². The molecule has 0 radical (unpaired) electrons. The smallest absolute Gasteiger partial charge is 0.252 e. The average molecular weight is 491 g/mol. The van der Waals surface area contributed by atoms with E-state index in [4.69, 9.17) is 0 Å². The van der Waals surface area contributed by atoms with Crippen LogP contribution in [0.3, 0.4) is 0 Å². The maximum absolute atomic E-state index is 13.1. The monoisotopic (exact) mass is 490 g/mol. The van der Waals surface area contributed by atoms with Gasteiger partial charge in [0, 0.05) is 26.2 Å². The van der Waals surface area contributed by atoms with Crippen molar-refractivity contribution in [2.75, 3.05) is 37.7 Å². The van der Waals surface area contributed by atoms with Gasteiger partial charge in [0.25, 0.3) is 5.91 Å². The Balaban J connectivity index is 1.21. The first-order valence-electron chi connectivity index (χ1n) is 13.0. The number of hydrogen-bond acceptors (Lipinski definition) is 4. The molecule has 188 valence electrons. The normalized spacial score (nSPS) is 14.4. The molecule has 0 spiro atoms. The predicted octanol–water partition coefficient (Wildman–Crippen LogP) is 5.13. The van der Waals surface area contributed by atoms with Crippen molar-refractivity contribution >= 4 is 11.6 Å². The Morgan fingerprint density at radius 1 is 0.676 bits per heavy atom. The second kappa shape index (κ2) is 12.3. The summed E-state index contributed by atoms with van der Waals surface area (Å²) in [6.45, 7) is 4.52. The van der Waals surface area contributed by atoms with E-state index >= 15 is 0 Å². The van der Waals surface area contributed by atoms with Crippen LogP contribution in [-0.4, -0.2) is 48.4 Å². The zero-order valence-electron chi connectivity index (χ0n) is 21.1. The summed E-state index contributed by atoms with van der Waals surface area (Å²) in [5, 5.41) is 1.94. The summed E-state index contributed by atoms with van der Waals surface area (Å²) in [7, 11) is 0. The van der Waals surface area contributed by atoms with Crippen LogP contribution in [0.1, 0.15) is 22.7 Å². The third kappa shape index (κ3) is 6.64. The average Bonchev–Trinajstić information content (AvgIpc) is 2.96. The standard InChI is InChI=1S/C32H34N4O/c37-31(33-36(30-19-11-4-12-20-30)25-27-13-5-1-6-14-27)26-34-21-23-35(24-22-34)32(28-15-7-2-8-16-28)29-17-9-3-10-18-29/h1-20,32H,21-26H2,(H,33,37). The van der Waals surface area contributed by atoms with Gasteiger partial charge >= 0.3 is 0 Å². The maximum atomic E-state index is 13.1. The number of hydrazine groups is 1. The zero-order valence-corrected chi connectivity index (χ0v) is 21.1. The van der Waals surface area contributed by atoms with Crippen molar-refractivity contribution in [1.29, 1.82) is 0 Å². The SMILES string of the molecule is O=C(CN1CCN(C(c2ccccc2)c2ccccc2)CC1)NN(Cc1ccccc1)c1ccccc1. The van der Waals surface area contributed by atoms with Crippen LogP contribution in [0.15, 0.2) is 121 Å². The van der Waals surface area contributed by atoms with Gasteiger partial charge in [-0.1, -0.05) is 109 Å². The molecule has 1 saturated heterocycles. The Morgan fingerprint density at radius 3 is 1.70 bits per heavy atom. The van der Waals surface area contributed by atoms with Crippen molar-refractivity contribution < 1.29 is 4.79 Å². The van der Waals surface area contributed by atoms with E-state index in [2.05, 4.69) is 88.0 Å². The van der Waals surface area contributed by atoms with E-state index in [1.807, 2.05) is 53.5 Å². The van der Waals surface area contributed by atoms with Crippen LogP contribution < -0.4 is 10.4 Å². The van der Waals surface area contributed by atoms with E-state index in [0.717, 1.165) is 37.4 Å². The highest BCUT2D eigenvalue weighted by Crippen LogP contribution is 2.29. The quantitative estimate of drug-likeness (QED) is 0.330. The molecular weight excluding hydrogens is 456 g/mol. The fourth-order valence-electron chi connectivity index (χ4n) is 5.02. The molecule has 1 amide bonds. The highest BCUT2D eigenvalue weighted by Gasteiger charge is 2.27. The van der Waals surface area contributed by atoms with E-state index < -0.39 is 0 Å². The topological polar surface area (TPSA) is 38.8 Å². The number of carbonyl (C=O) groups excluding carboxylic acids is 1. The molecular formula is C32H34N4O. The van der Waals surface area contributed by atoms with Gasteiger partial charge < -0.3 is 0 Å². The predicted molar refractivity (Wildman–Crippen MR) is 150 cm³/mol. The number of rotatable bonds is 9. The lowest BCUT2D eigenvalue weighted by atomic mass is 9.96. The molecule has 0 saturated carbocycles. The molecule has 1 fully saturated rings. The van der Waals surface area contributed by atoms with Gasteiger partial charge in [-0.25, -0.2) is 0 Å². The number of hydrogen-bond donors (Lipinski definition) is 1. The summed E-state index contributed by atoms with van der Waals surface area (Å²) < 4.78 is 0. The number of para-hydroxylation sites is 1. The molecule has 37 heavy (non-hydrogen) atoms. The van der Waals surface area contributed by atoms with Crippen molar-refractivity contribution in [3.05, 3.63) is 138 Å². The van der Waals surface area contributed by atoms with Gasteiger partial charge in [-0.05, 0) is 28.8 Å². The van der Waals surface area contributed by atoms with Gasteiger partial charge in [0.15, 0.2) is 0 Å². The summed E-state index contributed by atoms with van der Waals surface area (Å²) in [5.41, 5.74) is 7.88. The molecule has 1 heterocycles. The first-order chi connectivity index (χ1) is 18.3. The summed E-state index contributed by atoms with van der Waals surface area (Å²) in [4.78, 5) is 17.9. The van der Waals surface area contributed by atoms with Crippen LogP contribution >= 0.6 is 0 Å². The number of benzene rings is 4. The van der Waals surface area contributed by atoms with Crippen LogP contribution in [0.4, 0.5) is 5.69 Å². The molecule has 0 atom stereocenters. The summed E-state index contributed by atoms with van der Waals surface area (Å²) in [6, 6.07) is 41.9. The van der Waals surface area contributed by atoms with Crippen molar-refractivity contribution in [3.63, 3.8) is 0 Å². The minimum Gasteiger partial charge on any atom is -0.292 e. The molecule has 5 heteroatoms. The first kappa shape index (κ1) is 24.8. The third-order valence-corrected chi connectivity index (χ3v) is 6.88. The lowest BCUT2D eigenvalue weighted by Crippen LogP contribution is -2.52. The molecule has 1 aliphatic heterocycles. The molecule has 1 aliphatic rings. The summed E-state index contributed by atoms with van der Waals surface area (Å²) in [5.74, 6) is 0.0101. The van der Waals surface area contributed by atoms with E-state index in [0.29, 0.717) is 13.1 Å². The van der Waals surface area contributed by atoms with Gasteiger partial charge in [-0.15, -0.1) is 0 Å². The number of piperazine rings is 1. The lowest BCUT2D eigenvalue weighted by Gasteiger charge is -2.39. The van der Waals surface area contributed by atoms with Gasteiger partial charge in [-0.3, -0.25) is 25.0 Å². The minimum atomic E-state index is 0.0101. The molecule has 5 nitrogen and oxygen atoms in total. The van der Waals surface area contributed by atoms with E-state index in [9.17, 15) is 4.79 Å². The molecule has 0 unspecified atom stereocenters. The number of carbonyl (C=O) groups is 1. The third-order valence-electron chi connectivity index (χ3n) is 6.88. The first-order valence-corrected chi connectivity index (χ1v) is 13.0. The molecule has 0 aliphatic carbocycles. The van der Waals surface area contributed by atoms with Crippen LogP contribution in [0.25, 0.3) is 0 Å². The summed E-state index contributed by atoms with van der Waals surface area (Å²) in [6.07, 6.45) is 0. The van der Waals surface area contributed by atoms with Gasteiger partial charge in [0.2, 0.25) is 0 Å². The highest BCUT2D eigenvalue weighted by atomic mass is 16.2. The van der Waals surface area contributed by atoms with E-state index in [-0.39, 0.29) is 11.9 Å². The lowest BCUT2D eigenvalue weighted by molar-refractivity contribution is -0.123. The second-order valence-electron chi connectivity index (χ2n) is 9.48. The van der Waals surface area contributed by atoms with Gasteiger partial charge in [-0.2, -0.15) is 0 Å². The number of nitrogens with one attached hydrogen (secondary N) is 1. The molecule has 0 aromatic heterocycles. The Kier molecular flexibility index (Phi) is 8.26. The Morgan fingerprint density at radius 2 is 1.16 bits per heavy atom. The second-order valence-corrected chi connectivity index (χ2v) is 9.48. The Bertz CT molecular complexity index is 1190. The molecule has 1 N–H and O–H groups in total. The highest BCUT2D eigenvalue weighted by molar-refractivity contribution is 5.79. The fourth-order valence-corrected chi connectivity index (χ4v) is 5.02. The zero-order chi connectivity index (χ0) is 25.3.